The number of hydrogen-bond acceptors (Lipinski definition) is 5. The van der Waals surface area contributed by atoms with Crippen molar-refractivity contribution in [2.45, 2.75) is 0 Å². The fourth-order valence-electron chi connectivity index (χ4n) is 4.49. The van der Waals surface area contributed by atoms with E-state index in [-0.39, 0.29) is 18.2 Å². The Bertz CT molecular complexity index is 1320. The fraction of sp³-hybridized carbons (Fsp3) is 0.214. The van der Waals surface area contributed by atoms with Crippen molar-refractivity contribution in [2.24, 2.45) is 0 Å². The van der Waals surface area contributed by atoms with Gasteiger partial charge in [0.2, 0.25) is 5.91 Å². The number of piperazine rings is 1. The Hall–Kier alpha value is -4.33. The molecule has 0 spiro atoms. The number of methoxy groups -OCH3 is 1. The molecule has 2 heterocycles. The maximum Gasteiger partial charge on any atom is 0.294 e. The second-order valence-corrected chi connectivity index (χ2v) is 8.56. The summed E-state index contributed by atoms with van der Waals surface area (Å²) >= 11 is 0. The number of amides is 2. The molecular formula is C28H26FN3O4. The van der Waals surface area contributed by atoms with Crippen LogP contribution in [0.4, 0.5) is 15.8 Å². The molecule has 7 nitrogen and oxygen atoms in total. The molecule has 2 amide bonds. The molecule has 0 radical (unpaired) electrons. The zero-order chi connectivity index (χ0) is 25.1. The highest BCUT2D eigenvalue weighted by molar-refractivity contribution is 6.12. The summed E-state index contributed by atoms with van der Waals surface area (Å²) in [6.07, 6.45) is 1.49. The van der Waals surface area contributed by atoms with Crippen LogP contribution in [0.1, 0.15) is 5.56 Å². The molecule has 184 valence electrons. The Morgan fingerprint density at radius 3 is 2.44 bits per heavy atom. The Labute approximate surface area is 208 Å². The van der Waals surface area contributed by atoms with Gasteiger partial charge in [-0.3, -0.25) is 14.5 Å². The molecule has 0 saturated carbocycles. The Morgan fingerprint density at radius 1 is 0.972 bits per heavy atom. The number of benzene rings is 3. The maximum absolute atomic E-state index is 13.7. The third-order valence-electron chi connectivity index (χ3n) is 6.33. The van der Waals surface area contributed by atoms with Crippen LogP contribution in [0.2, 0.25) is 0 Å². The minimum absolute atomic E-state index is 0.0353. The third kappa shape index (κ3) is 4.75. The van der Waals surface area contributed by atoms with Crippen molar-refractivity contribution >= 4 is 29.3 Å². The van der Waals surface area contributed by atoms with E-state index in [4.69, 9.17) is 9.47 Å². The smallest absolute Gasteiger partial charge is 0.294 e. The Balaban J connectivity index is 1.32. The van der Waals surface area contributed by atoms with Crippen molar-refractivity contribution in [3.05, 3.63) is 89.9 Å². The largest absolute Gasteiger partial charge is 0.495 e. The van der Waals surface area contributed by atoms with Crippen LogP contribution in [-0.4, -0.2) is 56.5 Å². The molecule has 0 unspecified atom stereocenters. The highest BCUT2D eigenvalue weighted by atomic mass is 19.1. The summed E-state index contributed by atoms with van der Waals surface area (Å²) in [7, 11) is 1.65. The summed E-state index contributed by atoms with van der Waals surface area (Å²) in [5.74, 6) is 0.295. The number of para-hydroxylation sites is 4. The van der Waals surface area contributed by atoms with Crippen LogP contribution in [0.5, 0.6) is 11.5 Å². The van der Waals surface area contributed by atoms with E-state index in [2.05, 4.69) is 4.90 Å². The number of carbonyl (C=O) groups is 2. The van der Waals surface area contributed by atoms with Gasteiger partial charge in [0.15, 0.2) is 11.5 Å². The summed E-state index contributed by atoms with van der Waals surface area (Å²) in [4.78, 5) is 32.0. The number of carbonyl (C=O) groups excluding carboxylic acids is 2. The van der Waals surface area contributed by atoms with Gasteiger partial charge in [0, 0.05) is 26.2 Å². The molecule has 0 aliphatic carbocycles. The van der Waals surface area contributed by atoms with Crippen molar-refractivity contribution < 1.29 is 23.5 Å². The summed E-state index contributed by atoms with van der Waals surface area (Å²) in [5.41, 5.74) is 2.02. The molecule has 3 aromatic rings. The summed E-state index contributed by atoms with van der Waals surface area (Å²) < 4.78 is 25.0. The standard InChI is InChI=1S/C28H26FN3O4/c1-35-24-11-4-2-9-22(24)30-13-15-31(16-14-30)27(33)19-32-23-10-3-5-12-25(23)36-26(28(32)34)18-20-7-6-8-21(29)17-20/h2-12,17-18H,13-16,19H2,1H3. The molecule has 0 bridgehead atoms. The van der Waals surface area contributed by atoms with E-state index < -0.39 is 11.7 Å². The Morgan fingerprint density at radius 2 is 1.69 bits per heavy atom. The first-order valence-electron chi connectivity index (χ1n) is 11.8. The predicted octanol–water partition coefficient (Wildman–Crippen LogP) is 3.95. The van der Waals surface area contributed by atoms with Crippen molar-refractivity contribution in [3.63, 3.8) is 0 Å². The predicted molar refractivity (Wildman–Crippen MR) is 136 cm³/mol. The van der Waals surface area contributed by atoms with E-state index in [1.165, 1.54) is 23.1 Å². The maximum atomic E-state index is 13.7. The van der Waals surface area contributed by atoms with Gasteiger partial charge in [-0.1, -0.05) is 36.4 Å². The van der Waals surface area contributed by atoms with Gasteiger partial charge in [-0.2, -0.15) is 0 Å². The molecule has 0 aromatic heterocycles. The zero-order valence-electron chi connectivity index (χ0n) is 19.9. The van der Waals surface area contributed by atoms with Crippen molar-refractivity contribution in [1.29, 1.82) is 0 Å². The molecule has 5 rings (SSSR count). The van der Waals surface area contributed by atoms with E-state index in [9.17, 15) is 14.0 Å². The van der Waals surface area contributed by atoms with Gasteiger partial charge in [-0.25, -0.2) is 4.39 Å². The lowest BCUT2D eigenvalue weighted by Crippen LogP contribution is -2.52. The van der Waals surface area contributed by atoms with Gasteiger partial charge < -0.3 is 19.3 Å². The Kier molecular flexibility index (Phi) is 6.58. The van der Waals surface area contributed by atoms with E-state index in [1.807, 2.05) is 24.3 Å². The average molecular weight is 488 g/mol. The first-order valence-corrected chi connectivity index (χ1v) is 11.8. The molecule has 0 atom stereocenters. The van der Waals surface area contributed by atoms with Gasteiger partial charge in [0.05, 0.1) is 18.5 Å². The van der Waals surface area contributed by atoms with Crippen LogP contribution < -0.4 is 19.3 Å². The zero-order valence-corrected chi connectivity index (χ0v) is 19.9. The summed E-state index contributed by atoms with van der Waals surface area (Å²) in [5, 5.41) is 0. The number of ether oxygens (including phenoxy) is 2. The van der Waals surface area contributed by atoms with Crippen LogP contribution in [0.15, 0.2) is 78.6 Å². The fourth-order valence-corrected chi connectivity index (χ4v) is 4.49. The van der Waals surface area contributed by atoms with Crippen molar-refractivity contribution in [1.82, 2.24) is 4.90 Å². The number of fused-ring (bicyclic) bond motifs is 1. The second-order valence-electron chi connectivity index (χ2n) is 8.56. The highest BCUT2D eigenvalue weighted by Gasteiger charge is 2.33. The molecule has 2 aliphatic rings. The molecule has 0 N–H and O–H groups in total. The van der Waals surface area contributed by atoms with Crippen LogP contribution in [0.3, 0.4) is 0 Å². The van der Waals surface area contributed by atoms with Gasteiger partial charge in [-0.15, -0.1) is 0 Å². The minimum Gasteiger partial charge on any atom is -0.495 e. The van der Waals surface area contributed by atoms with Crippen molar-refractivity contribution in [2.75, 3.05) is 49.6 Å². The van der Waals surface area contributed by atoms with Gasteiger partial charge >= 0.3 is 0 Å². The lowest BCUT2D eigenvalue weighted by Gasteiger charge is -2.38. The second kappa shape index (κ2) is 10.1. The molecule has 8 heteroatoms. The van der Waals surface area contributed by atoms with Crippen LogP contribution in [0, 0.1) is 5.82 Å². The molecular weight excluding hydrogens is 461 g/mol. The first-order chi connectivity index (χ1) is 17.5. The molecule has 1 saturated heterocycles. The third-order valence-corrected chi connectivity index (χ3v) is 6.33. The normalized spacial score (nSPS) is 16.6. The minimum atomic E-state index is -0.445. The van der Waals surface area contributed by atoms with E-state index in [0.717, 1.165) is 11.4 Å². The number of nitrogens with zero attached hydrogens (tertiary/aromatic N) is 3. The van der Waals surface area contributed by atoms with Crippen LogP contribution >= 0.6 is 0 Å². The van der Waals surface area contributed by atoms with E-state index in [0.29, 0.717) is 43.2 Å². The van der Waals surface area contributed by atoms with E-state index >= 15 is 0 Å². The van der Waals surface area contributed by atoms with Crippen LogP contribution in [-0.2, 0) is 9.59 Å². The van der Waals surface area contributed by atoms with E-state index in [1.54, 1.807) is 48.4 Å². The van der Waals surface area contributed by atoms with Gasteiger partial charge in [0.1, 0.15) is 18.1 Å². The summed E-state index contributed by atoms with van der Waals surface area (Å²) in [6, 6.07) is 20.8. The quantitative estimate of drug-likeness (QED) is 0.510. The van der Waals surface area contributed by atoms with Crippen LogP contribution in [0.25, 0.3) is 6.08 Å². The van der Waals surface area contributed by atoms with Gasteiger partial charge in [0.25, 0.3) is 5.91 Å². The number of halogens is 1. The first kappa shape index (κ1) is 23.4. The lowest BCUT2D eigenvalue weighted by atomic mass is 10.1. The molecule has 36 heavy (non-hydrogen) atoms. The SMILES string of the molecule is COc1ccccc1N1CCN(C(=O)CN2C(=O)C(=Cc3cccc(F)c3)Oc3ccccc32)CC1. The number of anilines is 2. The number of hydrogen-bond donors (Lipinski definition) is 0. The monoisotopic (exact) mass is 487 g/mol. The summed E-state index contributed by atoms with van der Waals surface area (Å²) in [6.45, 7) is 2.26. The topological polar surface area (TPSA) is 62.3 Å². The lowest BCUT2D eigenvalue weighted by molar-refractivity contribution is -0.131. The number of rotatable bonds is 5. The highest BCUT2D eigenvalue weighted by Crippen LogP contribution is 2.36. The molecule has 2 aliphatic heterocycles. The van der Waals surface area contributed by atoms with Gasteiger partial charge in [-0.05, 0) is 48.0 Å². The molecule has 3 aromatic carbocycles. The molecule has 1 fully saturated rings. The average Bonchev–Trinajstić information content (AvgIpc) is 2.91. The van der Waals surface area contributed by atoms with Crippen molar-refractivity contribution in [3.8, 4) is 11.5 Å².